The van der Waals surface area contributed by atoms with Crippen molar-refractivity contribution >= 4 is 20.2 Å². The van der Waals surface area contributed by atoms with E-state index in [0.717, 1.165) is 25.7 Å². The molecule has 0 bridgehead atoms. The van der Waals surface area contributed by atoms with Crippen molar-refractivity contribution in [2.24, 2.45) is 0 Å². The number of aromatic nitrogens is 2. The summed E-state index contributed by atoms with van der Waals surface area (Å²) in [7, 11) is -1.76. The lowest BCUT2D eigenvalue weighted by atomic mass is 9.93. The monoisotopic (exact) mass is 395 g/mol. The molecule has 1 aromatic heterocycles. The van der Waals surface area contributed by atoms with Gasteiger partial charge in [0.15, 0.2) is 8.32 Å². The number of nitrogens with one attached hydrogen (secondary N) is 2. The van der Waals surface area contributed by atoms with E-state index in [1.807, 2.05) is 0 Å². The van der Waals surface area contributed by atoms with Crippen LogP contribution in [-0.2, 0) is 9.16 Å². The predicted octanol–water partition coefficient (Wildman–Crippen LogP) is 3.65. The van der Waals surface area contributed by atoms with Crippen molar-refractivity contribution in [3.63, 3.8) is 0 Å². The lowest BCUT2D eigenvalue weighted by Gasteiger charge is -2.41. The summed E-state index contributed by atoms with van der Waals surface area (Å²) in [6.45, 7) is 13.3. The van der Waals surface area contributed by atoms with E-state index in [0.29, 0.717) is 0 Å². The Hall–Kier alpha value is -1.67. The molecule has 1 saturated carbocycles. The van der Waals surface area contributed by atoms with E-state index in [4.69, 9.17) is 9.16 Å². The molecule has 0 saturated heterocycles. The second-order valence-corrected chi connectivity index (χ2v) is 13.4. The van der Waals surface area contributed by atoms with Gasteiger partial charge in [-0.15, -0.1) is 0 Å². The van der Waals surface area contributed by atoms with E-state index in [9.17, 15) is 9.59 Å². The van der Waals surface area contributed by atoms with Crippen molar-refractivity contribution in [1.29, 1.82) is 0 Å². The summed E-state index contributed by atoms with van der Waals surface area (Å²) in [6, 6.07) is 0.111. The van der Waals surface area contributed by atoms with Gasteiger partial charge in [-0.1, -0.05) is 20.8 Å². The molecule has 1 aliphatic carbocycles. The normalized spacial score (nSPS) is 21.0. The molecule has 0 spiro atoms. The first-order valence-corrected chi connectivity index (χ1v) is 12.7. The van der Waals surface area contributed by atoms with Gasteiger partial charge in [-0.05, 0) is 50.7 Å². The highest BCUT2D eigenvalue weighted by molar-refractivity contribution is 6.74. The second-order valence-electron chi connectivity index (χ2n) is 8.68. The summed E-state index contributed by atoms with van der Waals surface area (Å²) in [5.74, 6) is -0.774. The molecule has 1 fully saturated rings. The first-order valence-electron chi connectivity index (χ1n) is 9.74. The molecule has 1 aromatic rings. The Morgan fingerprint density at radius 1 is 1.26 bits per heavy atom. The largest absolute Gasteiger partial charge is 0.460 e. The van der Waals surface area contributed by atoms with Crippen LogP contribution in [0.5, 0.6) is 0 Å². The van der Waals surface area contributed by atoms with Crippen LogP contribution in [0.4, 0.5) is 0 Å². The first-order chi connectivity index (χ1) is 12.5. The number of esters is 1. The second kappa shape index (κ2) is 8.56. The van der Waals surface area contributed by atoms with Crippen LogP contribution >= 0.6 is 0 Å². The van der Waals surface area contributed by atoms with Crippen LogP contribution in [0.3, 0.4) is 0 Å². The lowest BCUT2D eigenvalue weighted by molar-refractivity contribution is 0.0513. The zero-order valence-electron chi connectivity index (χ0n) is 17.3. The third-order valence-corrected chi connectivity index (χ3v) is 10.1. The SMILES string of the molecule is CCOC(=O)c1nc(C(=O)N[C@H]2CC[C@H](O[Si](C)(C)C(C)(C)C)CC2)c[nH]1. The van der Waals surface area contributed by atoms with Gasteiger partial charge in [0, 0.05) is 18.3 Å². The smallest absolute Gasteiger partial charge is 0.374 e. The predicted molar refractivity (Wildman–Crippen MR) is 106 cm³/mol. The molecular weight excluding hydrogens is 362 g/mol. The standard InChI is InChI=1S/C19H33N3O4Si/c1-7-25-18(24)16-20-12-15(22-16)17(23)21-13-8-10-14(11-9-13)26-27(5,6)19(2,3)4/h12-14H,7-11H2,1-6H3,(H,20,22)(H,21,23)/t13-,14-. The summed E-state index contributed by atoms with van der Waals surface area (Å²) in [5.41, 5.74) is 0.206. The number of nitrogens with zero attached hydrogens (tertiary/aromatic N) is 1. The first kappa shape index (κ1) is 21.6. The fourth-order valence-corrected chi connectivity index (χ4v) is 4.34. The number of carbonyl (C=O) groups excluding carboxylic acids is 2. The van der Waals surface area contributed by atoms with Crippen molar-refractivity contribution in [2.75, 3.05) is 6.61 Å². The number of hydrogen-bond donors (Lipinski definition) is 2. The summed E-state index contributed by atoms with van der Waals surface area (Å²) < 4.78 is 11.4. The topological polar surface area (TPSA) is 93.3 Å². The number of H-pyrrole nitrogens is 1. The number of carbonyl (C=O) groups is 2. The van der Waals surface area contributed by atoms with Gasteiger partial charge in [-0.2, -0.15) is 0 Å². The van der Waals surface area contributed by atoms with Gasteiger partial charge in [-0.3, -0.25) is 4.79 Å². The molecule has 2 N–H and O–H groups in total. The quantitative estimate of drug-likeness (QED) is 0.566. The fourth-order valence-electron chi connectivity index (χ4n) is 2.92. The summed E-state index contributed by atoms with van der Waals surface area (Å²) >= 11 is 0. The molecule has 7 nitrogen and oxygen atoms in total. The Kier molecular flexibility index (Phi) is 6.86. The van der Waals surface area contributed by atoms with E-state index >= 15 is 0 Å². The van der Waals surface area contributed by atoms with Crippen LogP contribution in [0.2, 0.25) is 18.1 Å². The minimum Gasteiger partial charge on any atom is -0.460 e. The molecule has 27 heavy (non-hydrogen) atoms. The highest BCUT2D eigenvalue weighted by atomic mass is 28.4. The molecule has 1 amide bonds. The van der Waals surface area contributed by atoms with Crippen molar-refractivity contribution in [1.82, 2.24) is 15.3 Å². The molecule has 2 rings (SSSR count). The van der Waals surface area contributed by atoms with Crippen LogP contribution < -0.4 is 5.32 Å². The van der Waals surface area contributed by atoms with Crippen LogP contribution in [0.15, 0.2) is 6.20 Å². The average Bonchev–Trinajstić information content (AvgIpc) is 3.06. The van der Waals surface area contributed by atoms with Crippen molar-refractivity contribution < 1.29 is 18.8 Å². The van der Waals surface area contributed by atoms with E-state index in [2.05, 4.69) is 49.1 Å². The minimum absolute atomic E-state index is 0.0495. The van der Waals surface area contributed by atoms with Gasteiger partial charge in [0.25, 0.3) is 5.91 Å². The van der Waals surface area contributed by atoms with Crippen LogP contribution in [0, 0.1) is 0 Å². The van der Waals surface area contributed by atoms with Crippen molar-refractivity contribution in [2.45, 2.75) is 83.7 Å². The lowest BCUT2D eigenvalue weighted by Crippen LogP contribution is -2.46. The zero-order chi connectivity index (χ0) is 20.2. The Morgan fingerprint density at radius 3 is 2.44 bits per heavy atom. The number of hydrogen-bond acceptors (Lipinski definition) is 5. The van der Waals surface area contributed by atoms with Crippen LogP contribution in [0.25, 0.3) is 0 Å². The molecule has 0 atom stereocenters. The van der Waals surface area contributed by atoms with Gasteiger partial charge in [0.05, 0.1) is 6.61 Å². The molecule has 1 heterocycles. The van der Waals surface area contributed by atoms with E-state index in [1.165, 1.54) is 6.20 Å². The number of imidazole rings is 1. The van der Waals surface area contributed by atoms with Gasteiger partial charge in [0.2, 0.25) is 5.82 Å². The fraction of sp³-hybridized carbons (Fsp3) is 0.737. The summed E-state index contributed by atoms with van der Waals surface area (Å²) in [4.78, 5) is 30.7. The Bertz CT molecular complexity index is 658. The third-order valence-electron chi connectivity index (χ3n) is 5.56. The molecule has 0 radical (unpaired) electrons. The van der Waals surface area contributed by atoms with E-state index in [-0.39, 0.29) is 41.2 Å². The number of rotatable bonds is 6. The van der Waals surface area contributed by atoms with Gasteiger partial charge in [0.1, 0.15) is 5.69 Å². The Balaban J connectivity index is 1.83. The molecule has 0 aromatic carbocycles. The van der Waals surface area contributed by atoms with E-state index < -0.39 is 14.3 Å². The highest BCUT2D eigenvalue weighted by Gasteiger charge is 2.39. The van der Waals surface area contributed by atoms with Crippen LogP contribution in [-0.4, -0.2) is 48.9 Å². The third kappa shape index (κ3) is 5.65. The highest BCUT2D eigenvalue weighted by Crippen LogP contribution is 2.39. The number of amides is 1. The Labute approximate surface area is 162 Å². The molecule has 0 aliphatic heterocycles. The maximum Gasteiger partial charge on any atom is 0.374 e. The van der Waals surface area contributed by atoms with E-state index in [1.54, 1.807) is 6.92 Å². The van der Waals surface area contributed by atoms with Crippen molar-refractivity contribution in [3.05, 3.63) is 17.7 Å². The molecule has 1 aliphatic rings. The number of aromatic amines is 1. The molecule has 152 valence electrons. The van der Waals surface area contributed by atoms with Crippen molar-refractivity contribution in [3.8, 4) is 0 Å². The Morgan fingerprint density at radius 2 is 1.89 bits per heavy atom. The summed E-state index contributed by atoms with van der Waals surface area (Å²) in [5, 5.41) is 3.22. The van der Waals surface area contributed by atoms with Gasteiger partial charge < -0.3 is 19.5 Å². The maximum atomic E-state index is 12.4. The summed E-state index contributed by atoms with van der Waals surface area (Å²) in [6.07, 6.45) is 5.40. The van der Waals surface area contributed by atoms with Gasteiger partial charge in [-0.25, -0.2) is 9.78 Å². The molecule has 8 heteroatoms. The molecular formula is C19H33N3O4Si. The molecule has 0 unspecified atom stereocenters. The average molecular weight is 396 g/mol. The zero-order valence-corrected chi connectivity index (χ0v) is 18.3. The van der Waals surface area contributed by atoms with Gasteiger partial charge >= 0.3 is 5.97 Å². The minimum atomic E-state index is -1.76. The maximum absolute atomic E-state index is 12.4. The number of ether oxygens (including phenoxy) is 1. The van der Waals surface area contributed by atoms with Crippen LogP contribution in [0.1, 0.15) is 74.5 Å².